The first-order chi connectivity index (χ1) is 8.83. The van der Waals surface area contributed by atoms with Crippen LogP contribution in [0.15, 0.2) is 43.0 Å². The molecule has 1 atom stereocenters. The van der Waals surface area contributed by atoms with Crippen LogP contribution in [0.2, 0.25) is 0 Å². The number of rotatable bonds is 5. The van der Waals surface area contributed by atoms with E-state index in [1.54, 1.807) is 6.08 Å². The Morgan fingerprint density at radius 1 is 1.33 bits per heavy atom. The standard InChI is InChI=1S/C15H20N2O/c1-2-10-16-14(13-8-4-3-5-9-13)15(18)17-11-6-7-12-17/h2-5,8-9,14,16H,1,6-7,10-12H2/t14-/m0/s1. The summed E-state index contributed by atoms with van der Waals surface area (Å²) in [7, 11) is 0. The molecule has 1 N–H and O–H groups in total. The average Bonchev–Trinajstić information content (AvgIpc) is 2.94. The Bertz CT molecular complexity index is 396. The van der Waals surface area contributed by atoms with Crippen LogP contribution in [0.3, 0.4) is 0 Å². The van der Waals surface area contributed by atoms with Crippen molar-refractivity contribution in [1.82, 2.24) is 10.2 Å². The summed E-state index contributed by atoms with van der Waals surface area (Å²) in [5.41, 5.74) is 1.02. The Labute approximate surface area is 108 Å². The summed E-state index contributed by atoms with van der Waals surface area (Å²) in [6.07, 6.45) is 4.02. The van der Waals surface area contributed by atoms with E-state index in [1.807, 2.05) is 35.2 Å². The molecule has 2 rings (SSSR count). The predicted molar refractivity (Wildman–Crippen MR) is 73.2 cm³/mol. The zero-order valence-electron chi connectivity index (χ0n) is 10.6. The fourth-order valence-electron chi connectivity index (χ4n) is 2.31. The van der Waals surface area contributed by atoms with Crippen molar-refractivity contribution >= 4 is 5.91 Å². The van der Waals surface area contributed by atoms with Gasteiger partial charge in [0.25, 0.3) is 0 Å². The van der Waals surface area contributed by atoms with Gasteiger partial charge in [-0.2, -0.15) is 0 Å². The van der Waals surface area contributed by atoms with Crippen LogP contribution >= 0.6 is 0 Å². The largest absolute Gasteiger partial charge is 0.341 e. The summed E-state index contributed by atoms with van der Waals surface area (Å²) < 4.78 is 0. The van der Waals surface area contributed by atoms with Crippen molar-refractivity contribution in [3.05, 3.63) is 48.6 Å². The quantitative estimate of drug-likeness (QED) is 0.805. The maximum atomic E-state index is 12.5. The highest BCUT2D eigenvalue weighted by molar-refractivity contribution is 5.83. The van der Waals surface area contributed by atoms with Crippen LogP contribution in [-0.4, -0.2) is 30.4 Å². The molecule has 1 amide bonds. The van der Waals surface area contributed by atoms with Crippen molar-refractivity contribution in [1.29, 1.82) is 0 Å². The molecule has 1 fully saturated rings. The van der Waals surface area contributed by atoms with Gasteiger partial charge in [-0.1, -0.05) is 36.4 Å². The Morgan fingerprint density at radius 2 is 2.00 bits per heavy atom. The van der Waals surface area contributed by atoms with Gasteiger partial charge >= 0.3 is 0 Å². The second-order valence-corrected chi connectivity index (χ2v) is 4.57. The molecule has 1 heterocycles. The molecule has 1 saturated heterocycles. The number of benzene rings is 1. The molecule has 1 aromatic rings. The number of carbonyl (C=O) groups excluding carboxylic acids is 1. The van der Waals surface area contributed by atoms with Gasteiger partial charge < -0.3 is 4.90 Å². The van der Waals surface area contributed by atoms with Crippen molar-refractivity contribution < 1.29 is 4.79 Å². The van der Waals surface area contributed by atoms with Crippen molar-refractivity contribution in [2.24, 2.45) is 0 Å². The second kappa shape index (κ2) is 6.36. The molecule has 1 aromatic carbocycles. The first-order valence-electron chi connectivity index (χ1n) is 6.51. The van der Waals surface area contributed by atoms with Crippen molar-refractivity contribution in [3.63, 3.8) is 0 Å². The van der Waals surface area contributed by atoms with Crippen LogP contribution in [-0.2, 0) is 4.79 Å². The molecule has 96 valence electrons. The van der Waals surface area contributed by atoms with Gasteiger partial charge in [-0.25, -0.2) is 0 Å². The lowest BCUT2D eigenvalue weighted by molar-refractivity contribution is -0.132. The van der Waals surface area contributed by atoms with E-state index in [2.05, 4.69) is 11.9 Å². The minimum atomic E-state index is -0.248. The van der Waals surface area contributed by atoms with Gasteiger partial charge in [0, 0.05) is 19.6 Å². The average molecular weight is 244 g/mol. The lowest BCUT2D eigenvalue weighted by Gasteiger charge is -2.24. The molecule has 3 heteroatoms. The second-order valence-electron chi connectivity index (χ2n) is 4.57. The molecule has 0 saturated carbocycles. The number of amides is 1. The highest BCUT2D eigenvalue weighted by Crippen LogP contribution is 2.18. The molecular weight excluding hydrogens is 224 g/mol. The maximum Gasteiger partial charge on any atom is 0.244 e. The summed E-state index contributed by atoms with van der Waals surface area (Å²) in [5.74, 6) is 0.181. The summed E-state index contributed by atoms with van der Waals surface area (Å²) in [6, 6.07) is 9.64. The number of hydrogen-bond acceptors (Lipinski definition) is 2. The summed E-state index contributed by atoms with van der Waals surface area (Å²) in [4.78, 5) is 14.4. The van der Waals surface area contributed by atoms with E-state index < -0.39 is 0 Å². The van der Waals surface area contributed by atoms with Crippen LogP contribution in [0.1, 0.15) is 24.4 Å². The van der Waals surface area contributed by atoms with Gasteiger partial charge in [0.2, 0.25) is 5.91 Å². The summed E-state index contributed by atoms with van der Waals surface area (Å²) >= 11 is 0. The molecule has 0 bridgehead atoms. The molecule has 0 aromatic heterocycles. The number of hydrogen-bond donors (Lipinski definition) is 1. The van der Waals surface area contributed by atoms with E-state index in [-0.39, 0.29) is 11.9 Å². The number of nitrogens with one attached hydrogen (secondary N) is 1. The van der Waals surface area contributed by atoms with Gasteiger partial charge in [0.15, 0.2) is 0 Å². The molecule has 0 unspecified atom stereocenters. The lowest BCUT2D eigenvalue weighted by atomic mass is 10.1. The van der Waals surface area contributed by atoms with E-state index in [9.17, 15) is 4.79 Å². The fraction of sp³-hybridized carbons (Fsp3) is 0.400. The molecule has 0 aliphatic carbocycles. The SMILES string of the molecule is C=CCN[C@H](C(=O)N1CCCC1)c1ccccc1. The first kappa shape index (κ1) is 12.8. The number of likely N-dealkylation sites (tertiary alicyclic amines) is 1. The van der Waals surface area contributed by atoms with E-state index in [0.717, 1.165) is 31.5 Å². The molecule has 3 nitrogen and oxygen atoms in total. The highest BCUT2D eigenvalue weighted by Gasteiger charge is 2.26. The topological polar surface area (TPSA) is 32.3 Å². The smallest absolute Gasteiger partial charge is 0.244 e. The summed E-state index contributed by atoms with van der Waals surface area (Å²) in [6.45, 7) is 6.11. The Hall–Kier alpha value is -1.61. The van der Waals surface area contributed by atoms with Crippen molar-refractivity contribution in [2.45, 2.75) is 18.9 Å². The van der Waals surface area contributed by atoms with Crippen LogP contribution in [0, 0.1) is 0 Å². The van der Waals surface area contributed by atoms with Crippen LogP contribution in [0.5, 0.6) is 0 Å². The Morgan fingerprint density at radius 3 is 2.61 bits per heavy atom. The highest BCUT2D eigenvalue weighted by atomic mass is 16.2. The monoisotopic (exact) mass is 244 g/mol. The van der Waals surface area contributed by atoms with Gasteiger partial charge in [-0.05, 0) is 18.4 Å². The van der Waals surface area contributed by atoms with E-state index in [1.165, 1.54) is 0 Å². The Kier molecular flexibility index (Phi) is 4.53. The first-order valence-corrected chi connectivity index (χ1v) is 6.51. The molecule has 18 heavy (non-hydrogen) atoms. The van der Waals surface area contributed by atoms with E-state index >= 15 is 0 Å². The van der Waals surface area contributed by atoms with E-state index in [0.29, 0.717) is 6.54 Å². The molecule has 0 radical (unpaired) electrons. The van der Waals surface area contributed by atoms with Crippen LogP contribution in [0.4, 0.5) is 0 Å². The van der Waals surface area contributed by atoms with E-state index in [4.69, 9.17) is 0 Å². The number of nitrogens with zero attached hydrogens (tertiary/aromatic N) is 1. The lowest BCUT2D eigenvalue weighted by Crippen LogP contribution is -2.39. The van der Waals surface area contributed by atoms with Gasteiger partial charge in [-0.3, -0.25) is 10.1 Å². The molecule has 0 spiro atoms. The third-order valence-electron chi connectivity index (χ3n) is 3.26. The zero-order valence-corrected chi connectivity index (χ0v) is 10.6. The predicted octanol–water partition coefficient (Wildman–Crippen LogP) is 2.13. The van der Waals surface area contributed by atoms with Crippen molar-refractivity contribution in [3.8, 4) is 0 Å². The minimum absolute atomic E-state index is 0.181. The van der Waals surface area contributed by atoms with Gasteiger partial charge in [0.05, 0.1) is 0 Å². The van der Waals surface area contributed by atoms with Crippen molar-refractivity contribution in [2.75, 3.05) is 19.6 Å². The molecule has 1 aliphatic heterocycles. The van der Waals surface area contributed by atoms with Crippen LogP contribution < -0.4 is 5.32 Å². The third kappa shape index (κ3) is 2.99. The van der Waals surface area contributed by atoms with Gasteiger partial charge in [-0.15, -0.1) is 6.58 Å². The maximum absolute atomic E-state index is 12.5. The number of carbonyl (C=O) groups is 1. The summed E-state index contributed by atoms with van der Waals surface area (Å²) in [5, 5.41) is 3.25. The zero-order chi connectivity index (χ0) is 12.8. The minimum Gasteiger partial charge on any atom is -0.341 e. The molecule has 1 aliphatic rings. The Balaban J connectivity index is 2.13. The van der Waals surface area contributed by atoms with Crippen LogP contribution in [0.25, 0.3) is 0 Å². The normalized spacial score (nSPS) is 16.6. The van der Waals surface area contributed by atoms with Gasteiger partial charge in [0.1, 0.15) is 6.04 Å². The fourth-order valence-corrected chi connectivity index (χ4v) is 2.31. The molecular formula is C15H20N2O. The third-order valence-corrected chi connectivity index (χ3v) is 3.26.